The number of fused-ring (bicyclic) bond motifs is 2. The van der Waals surface area contributed by atoms with Crippen molar-refractivity contribution in [3.63, 3.8) is 0 Å². The lowest BCUT2D eigenvalue weighted by atomic mass is 10.0. The fourth-order valence-corrected chi connectivity index (χ4v) is 4.75. The smallest absolute Gasteiger partial charge is 0.429 e. The van der Waals surface area contributed by atoms with Crippen LogP contribution in [0.1, 0.15) is 35.8 Å². The number of alkyl halides is 5. The van der Waals surface area contributed by atoms with Gasteiger partial charge in [-0.1, -0.05) is 30.2 Å². The van der Waals surface area contributed by atoms with E-state index >= 15 is 8.78 Å². The Hall–Kier alpha value is -4.14. The second-order valence-electron chi connectivity index (χ2n) is 9.97. The van der Waals surface area contributed by atoms with Crippen molar-refractivity contribution >= 4 is 21.5 Å². The van der Waals surface area contributed by atoms with Gasteiger partial charge in [-0.15, -0.1) is 6.58 Å². The van der Waals surface area contributed by atoms with E-state index in [1.807, 2.05) is 6.08 Å². The van der Waals surface area contributed by atoms with Crippen LogP contribution in [0.3, 0.4) is 0 Å². The molecule has 1 saturated heterocycles. The Morgan fingerprint density at radius 2 is 1.56 bits per heavy atom. The monoisotopic (exact) mass is 606 g/mol. The lowest BCUT2D eigenvalue weighted by Crippen LogP contribution is -2.27. The summed E-state index contributed by atoms with van der Waals surface area (Å²) in [5, 5.41) is -0.428. The molecule has 0 radical (unpaired) electrons. The summed E-state index contributed by atoms with van der Waals surface area (Å²) in [6.07, 6.45) is -6.06. The molecule has 1 aliphatic rings. The average molecular weight is 607 g/mol. The maximum Gasteiger partial charge on any atom is 0.458 e. The Morgan fingerprint density at radius 3 is 2.26 bits per heavy atom. The topological polar surface area (TPSA) is 27.7 Å². The van der Waals surface area contributed by atoms with Gasteiger partial charge >= 0.3 is 12.3 Å². The molecule has 0 aliphatic carbocycles. The highest BCUT2D eigenvalue weighted by molar-refractivity contribution is 5.87. The number of hydrogen-bond acceptors (Lipinski definition) is 3. The van der Waals surface area contributed by atoms with Crippen molar-refractivity contribution in [1.29, 1.82) is 0 Å². The van der Waals surface area contributed by atoms with Gasteiger partial charge in [0.15, 0.2) is 12.1 Å². The molecule has 5 rings (SSSR count). The van der Waals surface area contributed by atoms with E-state index in [0.717, 1.165) is 25.0 Å². The summed E-state index contributed by atoms with van der Waals surface area (Å²) in [5.74, 6) is -3.19. The predicted octanol–water partition coefficient (Wildman–Crippen LogP) is 9.08. The Labute approximate surface area is 240 Å². The van der Waals surface area contributed by atoms with Crippen LogP contribution >= 0.6 is 0 Å². The van der Waals surface area contributed by atoms with Gasteiger partial charge in [-0.05, 0) is 59.3 Å². The average Bonchev–Trinajstić information content (AvgIpc) is 2.94. The van der Waals surface area contributed by atoms with Gasteiger partial charge in [0, 0.05) is 23.5 Å². The quantitative estimate of drug-likeness (QED) is 0.119. The van der Waals surface area contributed by atoms with Crippen LogP contribution in [0.5, 0.6) is 5.75 Å². The Kier molecular flexibility index (Phi) is 8.36. The molecule has 0 amide bonds. The molecule has 0 atom stereocenters. The molecule has 0 saturated carbocycles. The number of hydrogen-bond donors (Lipinski definition) is 0. The molecule has 0 N–H and O–H groups in total. The van der Waals surface area contributed by atoms with Crippen molar-refractivity contribution in [1.82, 2.24) is 0 Å². The third kappa shape index (κ3) is 6.76. The minimum atomic E-state index is -5.05. The highest BCUT2D eigenvalue weighted by atomic mass is 19.4. The van der Waals surface area contributed by atoms with E-state index in [1.54, 1.807) is 18.2 Å². The van der Waals surface area contributed by atoms with Gasteiger partial charge in [-0.25, -0.2) is 13.2 Å². The summed E-state index contributed by atoms with van der Waals surface area (Å²) in [7, 11) is 0. The molecule has 1 fully saturated rings. The van der Waals surface area contributed by atoms with Crippen molar-refractivity contribution in [2.75, 3.05) is 13.2 Å². The van der Waals surface area contributed by atoms with Crippen molar-refractivity contribution in [2.45, 2.75) is 31.4 Å². The highest BCUT2D eigenvalue weighted by Gasteiger charge is 2.35. The highest BCUT2D eigenvalue weighted by Crippen LogP contribution is 2.37. The molecule has 4 aromatic rings. The summed E-state index contributed by atoms with van der Waals surface area (Å²) in [4.78, 5) is 0. The Bertz CT molecular complexity index is 1750. The van der Waals surface area contributed by atoms with Gasteiger partial charge in [0.1, 0.15) is 17.4 Å². The predicted molar refractivity (Wildman–Crippen MR) is 143 cm³/mol. The van der Waals surface area contributed by atoms with Gasteiger partial charge in [0.2, 0.25) is 0 Å². The van der Waals surface area contributed by atoms with Crippen molar-refractivity contribution in [3.05, 3.63) is 101 Å². The zero-order chi connectivity index (χ0) is 30.9. The molecule has 0 aromatic heterocycles. The molecule has 0 spiro atoms. The standard InChI is InChI=1S/C32H22F8O3/c1-2-3-4-18-16-41-30(42-17-18)21-6-5-20-12-23(8-7-19(20)11-21)32(39,40)43-24-13-22-14-26(33)25(9-10-31(36,37)38)29(35)28(22)27(34)15-24/h2,5-8,11-15,18,30H,1,3-4,16-17H2. The molecule has 1 heterocycles. The van der Waals surface area contributed by atoms with Crippen molar-refractivity contribution < 1.29 is 49.3 Å². The zero-order valence-electron chi connectivity index (χ0n) is 22.2. The first kappa shape index (κ1) is 30.3. The molecule has 0 bridgehead atoms. The lowest BCUT2D eigenvalue weighted by molar-refractivity contribution is -0.205. The summed E-state index contributed by atoms with van der Waals surface area (Å²) < 4.78 is 128. The third-order valence-electron chi connectivity index (χ3n) is 6.85. The Morgan fingerprint density at radius 1 is 0.860 bits per heavy atom. The van der Waals surface area contributed by atoms with Crippen LogP contribution < -0.4 is 4.74 Å². The number of rotatable bonds is 7. The molecule has 1 aliphatic heterocycles. The fraction of sp³-hybridized carbons (Fsp3) is 0.250. The normalized spacial score (nSPS) is 17.5. The molecule has 43 heavy (non-hydrogen) atoms. The number of halogens is 8. The van der Waals surface area contributed by atoms with Crippen LogP contribution in [-0.4, -0.2) is 19.4 Å². The SMILES string of the molecule is C=CCCC1COC(c2ccc3cc(C(F)(F)Oc4cc(F)c5c(F)c(C#CC(F)(F)F)c(F)cc5c4)ccc3c2)OC1. The van der Waals surface area contributed by atoms with Crippen LogP contribution in [0.15, 0.2) is 67.3 Å². The molecular weight excluding hydrogens is 584 g/mol. The minimum Gasteiger partial charge on any atom is -0.429 e. The van der Waals surface area contributed by atoms with Crippen LogP contribution in [0.4, 0.5) is 35.1 Å². The summed E-state index contributed by atoms with van der Waals surface area (Å²) in [6, 6.07) is 10.4. The minimum absolute atomic E-state index is 0.253. The first-order valence-electron chi connectivity index (χ1n) is 13.0. The van der Waals surface area contributed by atoms with E-state index < -0.39 is 63.7 Å². The summed E-state index contributed by atoms with van der Waals surface area (Å²) in [5.41, 5.74) is -1.18. The van der Waals surface area contributed by atoms with Gasteiger partial charge in [-0.2, -0.15) is 22.0 Å². The second-order valence-corrected chi connectivity index (χ2v) is 9.97. The molecule has 11 heteroatoms. The second kappa shape index (κ2) is 11.9. The van der Waals surface area contributed by atoms with Gasteiger partial charge in [0.25, 0.3) is 0 Å². The third-order valence-corrected chi connectivity index (χ3v) is 6.85. The van der Waals surface area contributed by atoms with Gasteiger partial charge < -0.3 is 14.2 Å². The van der Waals surface area contributed by atoms with E-state index in [9.17, 15) is 26.3 Å². The lowest BCUT2D eigenvalue weighted by Gasteiger charge is -2.29. The number of allylic oxidation sites excluding steroid dienone is 1. The van der Waals surface area contributed by atoms with Crippen LogP contribution in [0, 0.1) is 35.2 Å². The molecular formula is C32H22F8O3. The molecule has 224 valence electrons. The van der Waals surface area contributed by atoms with Gasteiger partial charge in [0.05, 0.1) is 29.7 Å². The number of benzene rings is 4. The Balaban J connectivity index is 1.37. The van der Waals surface area contributed by atoms with E-state index in [4.69, 9.17) is 14.2 Å². The first-order valence-corrected chi connectivity index (χ1v) is 13.0. The van der Waals surface area contributed by atoms with E-state index in [2.05, 4.69) is 6.58 Å². The van der Waals surface area contributed by atoms with Crippen molar-refractivity contribution in [3.8, 4) is 17.6 Å². The largest absolute Gasteiger partial charge is 0.458 e. The molecule has 4 aromatic carbocycles. The van der Waals surface area contributed by atoms with Crippen LogP contribution in [-0.2, 0) is 15.6 Å². The molecule has 3 nitrogen and oxygen atoms in total. The summed E-state index contributed by atoms with van der Waals surface area (Å²) in [6.45, 7) is 4.74. The van der Waals surface area contributed by atoms with Gasteiger partial charge in [-0.3, -0.25) is 0 Å². The molecule has 0 unspecified atom stereocenters. The number of ether oxygens (including phenoxy) is 3. The first-order chi connectivity index (χ1) is 20.3. The van der Waals surface area contributed by atoms with Crippen molar-refractivity contribution in [2.24, 2.45) is 5.92 Å². The van der Waals surface area contributed by atoms with E-state index in [1.165, 1.54) is 18.1 Å². The van der Waals surface area contributed by atoms with E-state index in [0.29, 0.717) is 47.6 Å². The fourth-order valence-electron chi connectivity index (χ4n) is 4.75. The maximum absolute atomic E-state index is 15.2. The summed E-state index contributed by atoms with van der Waals surface area (Å²) >= 11 is 0. The van der Waals surface area contributed by atoms with Crippen LogP contribution in [0.25, 0.3) is 21.5 Å². The van der Waals surface area contributed by atoms with E-state index in [-0.39, 0.29) is 5.92 Å². The maximum atomic E-state index is 15.2. The van der Waals surface area contributed by atoms with Crippen LogP contribution in [0.2, 0.25) is 0 Å². The zero-order valence-corrected chi connectivity index (χ0v) is 22.2.